The highest BCUT2D eigenvalue weighted by atomic mass is 16.5. The fourth-order valence-electron chi connectivity index (χ4n) is 2.53. The van der Waals surface area contributed by atoms with Crippen LogP contribution in [0.3, 0.4) is 0 Å². The van der Waals surface area contributed by atoms with Crippen molar-refractivity contribution in [2.75, 3.05) is 25.1 Å². The molecule has 2 heterocycles. The lowest BCUT2D eigenvalue weighted by atomic mass is 10.1. The molecule has 0 saturated heterocycles. The molecule has 0 aromatic carbocycles. The molecule has 0 radical (unpaired) electrons. The number of carbonyl (C=O) groups is 1. The summed E-state index contributed by atoms with van der Waals surface area (Å²) < 4.78 is 12.3. The number of rotatable bonds is 10. The minimum atomic E-state index is -0.211. The van der Waals surface area contributed by atoms with Gasteiger partial charge in [0.05, 0.1) is 12.7 Å². The first-order chi connectivity index (χ1) is 12.0. The SMILES string of the molecule is CCOC(=O)CCc1c(C)nc2ncnn2c1NCCCOC(C)C. The molecule has 0 bridgehead atoms. The second-order valence-electron chi connectivity index (χ2n) is 6.00. The number of esters is 1. The van der Waals surface area contributed by atoms with Gasteiger partial charge >= 0.3 is 5.97 Å². The number of nitrogens with one attached hydrogen (secondary N) is 1. The molecule has 0 aliphatic carbocycles. The van der Waals surface area contributed by atoms with Crippen molar-refractivity contribution in [3.63, 3.8) is 0 Å². The van der Waals surface area contributed by atoms with Gasteiger partial charge in [-0.3, -0.25) is 4.79 Å². The van der Waals surface area contributed by atoms with Crippen LogP contribution in [0.15, 0.2) is 6.33 Å². The van der Waals surface area contributed by atoms with E-state index < -0.39 is 0 Å². The number of aromatic nitrogens is 4. The van der Waals surface area contributed by atoms with Gasteiger partial charge in [-0.25, -0.2) is 4.98 Å². The molecule has 25 heavy (non-hydrogen) atoms. The van der Waals surface area contributed by atoms with Crippen molar-refractivity contribution in [2.24, 2.45) is 0 Å². The molecule has 0 aliphatic rings. The lowest BCUT2D eigenvalue weighted by Gasteiger charge is -2.15. The van der Waals surface area contributed by atoms with E-state index >= 15 is 0 Å². The Bertz CT molecular complexity index is 699. The van der Waals surface area contributed by atoms with Crippen LogP contribution in [0.1, 0.15) is 44.9 Å². The largest absolute Gasteiger partial charge is 0.466 e. The van der Waals surface area contributed by atoms with Gasteiger partial charge in [-0.2, -0.15) is 14.6 Å². The second-order valence-corrected chi connectivity index (χ2v) is 6.00. The number of nitrogens with zero attached hydrogens (tertiary/aromatic N) is 4. The van der Waals surface area contributed by atoms with E-state index in [1.807, 2.05) is 20.8 Å². The third-order valence-corrected chi connectivity index (χ3v) is 3.68. The first-order valence-electron chi connectivity index (χ1n) is 8.73. The third-order valence-electron chi connectivity index (χ3n) is 3.68. The maximum atomic E-state index is 11.7. The van der Waals surface area contributed by atoms with E-state index in [-0.39, 0.29) is 12.1 Å². The summed E-state index contributed by atoms with van der Waals surface area (Å²) in [5.41, 5.74) is 1.79. The van der Waals surface area contributed by atoms with Gasteiger partial charge in [0.1, 0.15) is 12.1 Å². The molecule has 0 saturated carbocycles. The highest BCUT2D eigenvalue weighted by Gasteiger charge is 2.15. The average molecular weight is 349 g/mol. The van der Waals surface area contributed by atoms with E-state index in [1.54, 1.807) is 11.4 Å². The van der Waals surface area contributed by atoms with Crippen molar-refractivity contribution in [1.29, 1.82) is 0 Å². The van der Waals surface area contributed by atoms with Crippen LogP contribution < -0.4 is 5.32 Å². The topological polar surface area (TPSA) is 90.6 Å². The third kappa shape index (κ3) is 5.38. The number of carbonyl (C=O) groups excluding carboxylic acids is 1. The summed E-state index contributed by atoms with van der Waals surface area (Å²) in [6.07, 6.45) is 3.42. The Labute approximate surface area is 147 Å². The first-order valence-corrected chi connectivity index (χ1v) is 8.73. The number of hydrogen-bond donors (Lipinski definition) is 1. The lowest BCUT2D eigenvalue weighted by molar-refractivity contribution is -0.143. The summed E-state index contributed by atoms with van der Waals surface area (Å²) in [7, 11) is 0. The van der Waals surface area contributed by atoms with Gasteiger partial charge in [0.2, 0.25) is 0 Å². The molecule has 2 aromatic heterocycles. The Morgan fingerprint density at radius 2 is 2.20 bits per heavy atom. The number of ether oxygens (including phenoxy) is 2. The standard InChI is InChI=1S/C17H27N5O3/c1-5-24-15(23)8-7-14-13(4)21-17-19-11-20-22(17)16(14)18-9-6-10-25-12(2)3/h11-12,18H,5-10H2,1-4H3. The predicted octanol–water partition coefficient (Wildman–Crippen LogP) is 2.16. The van der Waals surface area contributed by atoms with E-state index in [0.717, 1.165) is 30.0 Å². The molecule has 8 nitrogen and oxygen atoms in total. The van der Waals surface area contributed by atoms with Crippen LogP contribution in [0.5, 0.6) is 0 Å². The molecule has 1 N–H and O–H groups in total. The maximum absolute atomic E-state index is 11.7. The van der Waals surface area contributed by atoms with E-state index in [9.17, 15) is 4.79 Å². The number of aryl methyl sites for hydroxylation is 1. The number of hydrogen-bond acceptors (Lipinski definition) is 7. The molecule has 0 atom stereocenters. The van der Waals surface area contributed by atoms with Crippen molar-refractivity contribution in [2.45, 2.75) is 53.1 Å². The molecule has 8 heteroatoms. The van der Waals surface area contributed by atoms with Crippen molar-refractivity contribution in [1.82, 2.24) is 19.6 Å². The Balaban J connectivity index is 2.12. The van der Waals surface area contributed by atoms with Gasteiger partial charge < -0.3 is 14.8 Å². The van der Waals surface area contributed by atoms with Crippen LogP contribution in [0.4, 0.5) is 5.82 Å². The van der Waals surface area contributed by atoms with E-state index in [2.05, 4.69) is 20.4 Å². The number of anilines is 1. The Hall–Kier alpha value is -2.22. The maximum Gasteiger partial charge on any atom is 0.306 e. The van der Waals surface area contributed by atoms with Crippen molar-refractivity contribution in [3.8, 4) is 0 Å². The first kappa shape index (κ1) is 19.1. The Morgan fingerprint density at radius 1 is 1.40 bits per heavy atom. The van der Waals surface area contributed by atoms with Crippen LogP contribution in [0.2, 0.25) is 0 Å². The molecule has 0 fully saturated rings. The molecule has 138 valence electrons. The van der Waals surface area contributed by atoms with Gasteiger partial charge in [0, 0.05) is 30.8 Å². The zero-order valence-corrected chi connectivity index (χ0v) is 15.4. The quantitative estimate of drug-likeness (QED) is 0.519. The van der Waals surface area contributed by atoms with E-state index in [0.29, 0.717) is 31.8 Å². The Kier molecular flexibility index (Phi) is 7.12. The highest BCUT2D eigenvalue weighted by Crippen LogP contribution is 2.21. The van der Waals surface area contributed by atoms with Crippen molar-refractivity contribution in [3.05, 3.63) is 17.6 Å². The average Bonchev–Trinajstić information content (AvgIpc) is 3.01. The van der Waals surface area contributed by atoms with Crippen LogP contribution in [-0.2, 0) is 20.7 Å². The number of fused-ring (bicyclic) bond motifs is 1. The molecule has 2 aromatic rings. The summed E-state index contributed by atoms with van der Waals surface area (Å²) >= 11 is 0. The van der Waals surface area contributed by atoms with Gasteiger partial charge in [0.15, 0.2) is 0 Å². The van der Waals surface area contributed by atoms with E-state index in [1.165, 1.54) is 6.33 Å². The minimum Gasteiger partial charge on any atom is -0.466 e. The predicted molar refractivity (Wildman–Crippen MR) is 94.7 cm³/mol. The van der Waals surface area contributed by atoms with Gasteiger partial charge in [-0.15, -0.1) is 0 Å². The van der Waals surface area contributed by atoms with Crippen LogP contribution >= 0.6 is 0 Å². The molecule has 2 rings (SSSR count). The monoisotopic (exact) mass is 349 g/mol. The summed E-state index contributed by atoms with van der Waals surface area (Å²) in [6.45, 7) is 9.57. The zero-order chi connectivity index (χ0) is 18.2. The molecule has 0 amide bonds. The van der Waals surface area contributed by atoms with Crippen LogP contribution in [0, 0.1) is 6.92 Å². The fourth-order valence-corrected chi connectivity index (χ4v) is 2.53. The molecule has 0 spiro atoms. The Morgan fingerprint density at radius 3 is 2.92 bits per heavy atom. The molecule has 0 aliphatic heterocycles. The second kappa shape index (κ2) is 9.31. The summed E-state index contributed by atoms with van der Waals surface area (Å²) in [5.74, 6) is 1.16. The molecule has 0 unspecified atom stereocenters. The molecular weight excluding hydrogens is 322 g/mol. The van der Waals surface area contributed by atoms with Gasteiger partial charge in [-0.05, 0) is 40.5 Å². The normalized spacial score (nSPS) is 11.2. The summed E-state index contributed by atoms with van der Waals surface area (Å²) in [6, 6.07) is 0. The van der Waals surface area contributed by atoms with Crippen molar-refractivity contribution >= 4 is 17.6 Å². The lowest BCUT2D eigenvalue weighted by Crippen LogP contribution is -2.16. The van der Waals surface area contributed by atoms with Gasteiger partial charge in [0.25, 0.3) is 5.78 Å². The fraction of sp³-hybridized carbons (Fsp3) is 0.647. The minimum absolute atomic E-state index is 0.211. The van der Waals surface area contributed by atoms with Crippen LogP contribution in [-0.4, -0.2) is 51.4 Å². The summed E-state index contributed by atoms with van der Waals surface area (Å²) in [5, 5.41) is 7.65. The van der Waals surface area contributed by atoms with Crippen LogP contribution in [0.25, 0.3) is 5.78 Å². The zero-order valence-electron chi connectivity index (χ0n) is 15.4. The highest BCUT2D eigenvalue weighted by molar-refractivity contribution is 5.70. The van der Waals surface area contributed by atoms with E-state index in [4.69, 9.17) is 9.47 Å². The smallest absolute Gasteiger partial charge is 0.306 e. The summed E-state index contributed by atoms with van der Waals surface area (Å²) in [4.78, 5) is 20.3. The molecular formula is C17H27N5O3. The van der Waals surface area contributed by atoms with Gasteiger partial charge in [-0.1, -0.05) is 0 Å². The van der Waals surface area contributed by atoms with Crippen molar-refractivity contribution < 1.29 is 14.3 Å².